The standard InChI is InChI=1S/C15H25N3/c1-4-18(11-10-15(2,3)14(16)17)12-13-8-6-5-7-9-13/h5-9H,4,10-12H2,1-3H3,(H3,16,17). The molecule has 0 spiro atoms. The fraction of sp³-hybridized carbons (Fsp3) is 0.533. The molecule has 0 aromatic heterocycles. The number of rotatable bonds is 7. The van der Waals surface area contributed by atoms with E-state index >= 15 is 0 Å². The van der Waals surface area contributed by atoms with Crippen LogP contribution in [0.4, 0.5) is 0 Å². The summed E-state index contributed by atoms with van der Waals surface area (Å²) >= 11 is 0. The maximum atomic E-state index is 7.58. The second-order valence-corrected chi connectivity index (χ2v) is 5.40. The SMILES string of the molecule is CCN(CCC(C)(C)C(=N)N)Cc1ccccc1. The van der Waals surface area contributed by atoms with E-state index in [1.165, 1.54) is 5.56 Å². The molecule has 0 atom stereocenters. The summed E-state index contributed by atoms with van der Waals surface area (Å²) < 4.78 is 0. The van der Waals surface area contributed by atoms with Crippen LogP contribution in [0.2, 0.25) is 0 Å². The highest BCUT2D eigenvalue weighted by molar-refractivity contribution is 5.82. The van der Waals surface area contributed by atoms with Crippen LogP contribution in [0, 0.1) is 10.8 Å². The minimum atomic E-state index is -0.204. The van der Waals surface area contributed by atoms with Gasteiger partial charge in [0.25, 0.3) is 0 Å². The van der Waals surface area contributed by atoms with Gasteiger partial charge in [-0.15, -0.1) is 0 Å². The van der Waals surface area contributed by atoms with Gasteiger partial charge in [0.15, 0.2) is 0 Å². The summed E-state index contributed by atoms with van der Waals surface area (Å²) in [5.74, 6) is 0.276. The van der Waals surface area contributed by atoms with Gasteiger partial charge in [-0.1, -0.05) is 51.1 Å². The van der Waals surface area contributed by atoms with Gasteiger partial charge in [-0.25, -0.2) is 0 Å². The number of hydrogen-bond acceptors (Lipinski definition) is 2. The summed E-state index contributed by atoms with van der Waals surface area (Å²) in [5, 5.41) is 7.58. The van der Waals surface area contributed by atoms with Crippen molar-refractivity contribution in [2.45, 2.75) is 33.7 Å². The third kappa shape index (κ3) is 4.49. The van der Waals surface area contributed by atoms with Gasteiger partial charge in [0, 0.05) is 12.0 Å². The zero-order valence-corrected chi connectivity index (χ0v) is 11.7. The Morgan fingerprint density at radius 3 is 2.39 bits per heavy atom. The van der Waals surface area contributed by atoms with E-state index in [0.717, 1.165) is 26.1 Å². The fourth-order valence-corrected chi connectivity index (χ4v) is 1.76. The summed E-state index contributed by atoms with van der Waals surface area (Å²) in [5.41, 5.74) is 6.74. The smallest absolute Gasteiger partial charge is 0.0963 e. The number of amidine groups is 1. The summed E-state index contributed by atoms with van der Waals surface area (Å²) in [7, 11) is 0. The molecule has 1 rings (SSSR count). The van der Waals surface area contributed by atoms with Crippen molar-refractivity contribution in [2.75, 3.05) is 13.1 Å². The highest BCUT2D eigenvalue weighted by atomic mass is 15.1. The van der Waals surface area contributed by atoms with Gasteiger partial charge in [0.2, 0.25) is 0 Å². The van der Waals surface area contributed by atoms with E-state index in [4.69, 9.17) is 11.1 Å². The van der Waals surface area contributed by atoms with Crippen LogP contribution in [0.15, 0.2) is 30.3 Å². The van der Waals surface area contributed by atoms with E-state index in [9.17, 15) is 0 Å². The van der Waals surface area contributed by atoms with Crippen LogP contribution in [-0.4, -0.2) is 23.8 Å². The van der Waals surface area contributed by atoms with Crippen molar-refractivity contribution in [3.63, 3.8) is 0 Å². The molecule has 18 heavy (non-hydrogen) atoms. The molecule has 0 saturated heterocycles. The van der Waals surface area contributed by atoms with Crippen LogP contribution in [0.1, 0.15) is 32.8 Å². The van der Waals surface area contributed by atoms with Crippen LogP contribution in [0.5, 0.6) is 0 Å². The van der Waals surface area contributed by atoms with Crippen molar-refractivity contribution in [1.82, 2.24) is 4.90 Å². The summed E-state index contributed by atoms with van der Waals surface area (Å²) in [4.78, 5) is 2.39. The molecule has 0 heterocycles. The highest BCUT2D eigenvalue weighted by Crippen LogP contribution is 2.20. The molecule has 0 bridgehead atoms. The fourth-order valence-electron chi connectivity index (χ4n) is 1.76. The van der Waals surface area contributed by atoms with Gasteiger partial charge in [-0.3, -0.25) is 10.3 Å². The Balaban J connectivity index is 2.51. The second-order valence-electron chi connectivity index (χ2n) is 5.40. The molecule has 0 aliphatic heterocycles. The first kappa shape index (κ1) is 14.7. The van der Waals surface area contributed by atoms with Crippen LogP contribution < -0.4 is 5.73 Å². The Morgan fingerprint density at radius 2 is 1.89 bits per heavy atom. The van der Waals surface area contributed by atoms with E-state index in [0.29, 0.717) is 0 Å². The Labute approximate surface area is 111 Å². The Morgan fingerprint density at radius 1 is 1.28 bits per heavy atom. The van der Waals surface area contributed by atoms with Gasteiger partial charge in [0.1, 0.15) is 0 Å². The largest absolute Gasteiger partial charge is 0.387 e. The lowest BCUT2D eigenvalue weighted by molar-refractivity contribution is 0.248. The summed E-state index contributed by atoms with van der Waals surface area (Å²) in [6.45, 7) is 9.19. The lowest BCUT2D eigenvalue weighted by Gasteiger charge is -2.28. The molecule has 100 valence electrons. The first-order valence-electron chi connectivity index (χ1n) is 6.56. The lowest BCUT2D eigenvalue weighted by Crippen LogP contribution is -2.35. The first-order valence-corrected chi connectivity index (χ1v) is 6.56. The van der Waals surface area contributed by atoms with E-state index in [1.807, 2.05) is 19.9 Å². The summed E-state index contributed by atoms with van der Waals surface area (Å²) in [6.07, 6.45) is 0.920. The predicted molar refractivity (Wildman–Crippen MR) is 77.7 cm³/mol. The molecular formula is C15H25N3. The van der Waals surface area contributed by atoms with Crippen LogP contribution in [0.3, 0.4) is 0 Å². The second kappa shape index (κ2) is 6.55. The van der Waals surface area contributed by atoms with E-state index < -0.39 is 0 Å². The van der Waals surface area contributed by atoms with Gasteiger partial charge in [-0.05, 0) is 25.1 Å². The van der Waals surface area contributed by atoms with Gasteiger partial charge >= 0.3 is 0 Å². The molecule has 0 aliphatic rings. The number of benzene rings is 1. The van der Waals surface area contributed by atoms with E-state index in [1.54, 1.807) is 0 Å². The molecule has 0 radical (unpaired) electrons. The predicted octanol–water partition coefficient (Wildman–Crippen LogP) is 2.86. The highest BCUT2D eigenvalue weighted by Gasteiger charge is 2.22. The first-order chi connectivity index (χ1) is 8.45. The Hall–Kier alpha value is -1.35. The maximum absolute atomic E-state index is 7.58. The average molecular weight is 247 g/mol. The number of nitrogens with zero attached hydrogens (tertiary/aromatic N) is 1. The monoisotopic (exact) mass is 247 g/mol. The molecule has 0 aliphatic carbocycles. The van der Waals surface area contributed by atoms with Crippen molar-refractivity contribution < 1.29 is 0 Å². The quantitative estimate of drug-likeness (QED) is 0.575. The lowest BCUT2D eigenvalue weighted by atomic mass is 9.88. The van der Waals surface area contributed by atoms with Crippen molar-refractivity contribution in [3.8, 4) is 0 Å². The van der Waals surface area contributed by atoms with Crippen molar-refractivity contribution in [1.29, 1.82) is 5.41 Å². The molecule has 1 aromatic rings. The van der Waals surface area contributed by atoms with Crippen molar-refractivity contribution in [2.24, 2.45) is 11.1 Å². The van der Waals surface area contributed by atoms with Crippen LogP contribution in [-0.2, 0) is 6.54 Å². The molecule has 3 heteroatoms. The average Bonchev–Trinajstić information content (AvgIpc) is 2.35. The maximum Gasteiger partial charge on any atom is 0.0963 e. The van der Waals surface area contributed by atoms with Crippen LogP contribution >= 0.6 is 0 Å². The molecule has 3 N–H and O–H groups in total. The zero-order valence-electron chi connectivity index (χ0n) is 11.7. The van der Waals surface area contributed by atoms with Crippen molar-refractivity contribution >= 4 is 5.84 Å². The molecule has 3 nitrogen and oxygen atoms in total. The van der Waals surface area contributed by atoms with E-state index in [2.05, 4.69) is 36.1 Å². The molecule has 0 fully saturated rings. The van der Waals surface area contributed by atoms with Crippen LogP contribution in [0.25, 0.3) is 0 Å². The minimum absolute atomic E-state index is 0.204. The number of hydrogen-bond donors (Lipinski definition) is 2. The third-order valence-electron chi connectivity index (χ3n) is 3.48. The number of nitrogens with two attached hydrogens (primary N) is 1. The minimum Gasteiger partial charge on any atom is -0.387 e. The normalized spacial score (nSPS) is 11.8. The molecule has 0 saturated carbocycles. The molecular weight excluding hydrogens is 222 g/mol. The zero-order chi connectivity index (χ0) is 13.6. The topological polar surface area (TPSA) is 53.1 Å². The summed E-state index contributed by atoms with van der Waals surface area (Å²) in [6, 6.07) is 10.5. The Bertz CT molecular complexity index is 371. The van der Waals surface area contributed by atoms with Crippen molar-refractivity contribution in [3.05, 3.63) is 35.9 Å². The van der Waals surface area contributed by atoms with E-state index in [-0.39, 0.29) is 11.3 Å². The van der Waals surface area contributed by atoms with Gasteiger partial charge in [-0.2, -0.15) is 0 Å². The Kier molecular flexibility index (Phi) is 5.35. The third-order valence-corrected chi connectivity index (χ3v) is 3.48. The molecule has 0 amide bonds. The molecule has 1 aromatic carbocycles. The van der Waals surface area contributed by atoms with Gasteiger partial charge < -0.3 is 5.73 Å². The van der Waals surface area contributed by atoms with Gasteiger partial charge in [0.05, 0.1) is 5.84 Å². The number of nitrogens with one attached hydrogen (secondary N) is 1. The molecule has 0 unspecified atom stereocenters.